The third kappa shape index (κ3) is 5.48. The van der Waals surface area contributed by atoms with Gasteiger partial charge < -0.3 is 10.1 Å². The van der Waals surface area contributed by atoms with E-state index in [-0.39, 0.29) is 30.1 Å². The van der Waals surface area contributed by atoms with Gasteiger partial charge in [-0.25, -0.2) is 0 Å². The van der Waals surface area contributed by atoms with Crippen molar-refractivity contribution in [2.75, 3.05) is 24.6 Å². The fraction of sp³-hybridized carbons (Fsp3) is 0.789. The molecule has 0 spiro atoms. The molecule has 1 saturated heterocycles. The lowest BCUT2D eigenvalue weighted by Gasteiger charge is -2.22. The third-order valence-corrected chi connectivity index (χ3v) is 6.42. The van der Waals surface area contributed by atoms with Crippen LogP contribution in [-0.2, 0) is 14.3 Å². The van der Waals surface area contributed by atoms with Gasteiger partial charge >= 0.3 is 0 Å². The summed E-state index contributed by atoms with van der Waals surface area (Å²) in [5.74, 6) is -0.147. The Balaban J connectivity index is 1.38. The highest BCUT2D eigenvalue weighted by atomic mass is 32.1. The van der Waals surface area contributed by atoms with E-state index in [1.165, 1.54) is 30.6 Å². The molecule has 0 radical (unpaired) electrons. The molecule has 27 heavy (non-hydrogen) atoms. The summed E-state index contributed by atoms with van der Waals surface area (Å²) in [4.78, 5) is 26.3. The standard InChI is InChI=1S/C19H30N4O3S/c1-13(2)18-21-22-19(27-18)23-12-14(11-16(23)24)17(25)20-9-6-10-26-15-7-4-3-5-8-15/h13-15H,3-12H2,1-2H3,(H,20,25). The maximum Gasteiger partial charge on any atom is 0.229 e. The average molecular weight is 395 g/mol. The highest BCUT2D eigenvalue weighted by molar-refractivity contribution is 7.15. The van der Waals surface area contributed by atoms with Crippen molar-refractivity contribution in [3.8, 4) is 0 Å². The zero-order valence-electron chi connectivity index (χ0n) is 16.3. The van der Waals surface area contributed by atoms with E-state index in [0.29, 0.717) is 30.9 Å². The summed E-state index contributed by atoms with van der Waals surface area (Å²) in [6, 6.07) is 0. The molecule has 8 heteroatoms. The second-order valence-corrected chi connectivity index (χ2v) is 8.75. The summed E-state index contributed by atoms with van der Waals surface area (Å²) in [6.45, 7) is 5.75. The van der Waals surface area contributed by atoms with Gasteiger partial charge in [0.1, 0.15) is 5.01 Å². The number of rotatable bonds is 8. The van der Waals surface area contributed by atoms with Crippen molar-refractivity contribution in [1.82, 2.24) is 15.5 Å². The van der Waals surface area contributed by atoms with E-state index >= 15 is 0 Å². The zero-order chi connectivity index (χ0) is 19.2. The number of ether oxygens (including phenoxy) is 1. The molecule has 3 rings (SSSR count). The van der Waals surface area contributed by atoms with E-state index in [4.69, 9.17) is 4.74 Å². The molecule has 0 aromatic carbocycles. The van der Waals surface area contributed by atoms with E-state index in [0.717, 1.165) is 24.3 Å². The molecule has 1 aliphatic carbocycles. The maximum absolute atomic E-state index is 12.4. The largest absolute Gasteiger partial charge is 0.378 e. The van der Waals surface area contributed by atoms with Crippen LogP contribution in [0.1, 0.15) is 69.7 Å². The lowest BCUT2D eigenvalue weighted by atomic mass is 9.98. The SMILES string of the molecule is CC(C)c1nnc(N2CC(C(=O)NCCCOC3CCCCC3)CC2=O)s1. The molecule has 1 N–H and O–H groups in total. The van der Waals surface area contributed by atoms with Gasteiger partial charge in [-0.15, -0.1) is 10.2 Å². The normalized spacial score (nSPS) is 21.2. The van der Waals surface area contributed by atoms with Crippen LogP contribution in [0.15, 0.2) is 0 Å². The molecule has 7 nitrogen and oxygen atoms in total. The van der Waals surface area contributed by atoms with E-state index in [9.17, 15) is 9.59 Å². The summed E-state index contributed by atoms with van der Waals surface area (Å²) < 4.78 is 5.88. The zero-order valence-corrected chi connectivity index (χ0v) is 17.1. The average Bonchev–Trinajstić information content (AvgIpc) is 3.29. The van der Waals surface area contributed by atoms with Crippen LogP contribution >= 0.6 is 11.3 Å². The first-order valence-electron chi connectivity index (χ1n) is 10.1. The molecule has 2 heterocycles. The quantitative estimate of drug-likeness (QED) is 0.686. The van der Waals surface area contributed by atoms with Crippen molar-refractivity contribution in [2.45, 2.75) is 70.8 Å². The van der Waals surface area contributed by atoms with Crippen molar-refractivity contribution < 1.29 is 14.3 Å². The van der Waals surface area contributed by atoms with Gasteiger partial charge in [0.15, 0.2) is 0 Å². The van der Waals surface area contributed by atoms with Crippen LogP contribution in [0, 0.1) is 5.92 Å². The molecule has 1 atom stereocenters. The molecule has 2 fully saturated rings. The highest BCUT2D eigenvalue weighted by Crippen LogP contribution is 2.30. The topological polar surface area (TPSA) is 84.4 Å². The van der Waals surface area contributed by atoms with Gasteiger partial charge in [0.25, 0.3) is 0 Å². The lowest BCUT2D eigenvalue weighted by molar-refractivity contribution is -0.126. The fourth-order valence-electron chi connectivity index (χ4n) is 3.55. The lowest BCUT2D eigenvalue weighted by Crippen LogP contribution is -2.34. The predicted octanol–water partition coefficient (Wildman–Crippen LogP) is 2.87. The molecule has 1 aromatic heterocycles. The smallest absolute Gasteiger partial charge is 0.229 e. The van der Waals surface area contributed by atoms with Crippen LogP contribution in [-0.4, -0.2) is 47.8 Å². The number of anilines is 1. The number of nitrogens with one attached hydrogen (secondary N) is 1. The van der Waals surface area contributed by atoms with E-state index in [1.54, 1.807) is 4.90 Å². The van der Waals surface area contributed by atoms with Gasteiger partial charge in [-0.2, -0.15) is 0 Å². The van der Waals surface area contributed by atoms with Crippen molar-refractivity contribution in [2.24, 2.45) is 5.92 Å². The van der Waals surface area contributed by atoms with Gasteiger partial charge in [-0.05, 0) is 19.3 Å². The van der Waals surface area contributed by atoms with E-state index in [1.807, 2.05) is 13.8 Å². The Morgan fingerprint density at radius 2 is 2.07 bits per heavy atom. The van der Waals surface area contributed by atoms with Gasteiger partial charge in [-0.3, -0.25) is 14.5 Å². The molecule has 2 amide bonds. The Hall–Kier alpha value is -1.54. The van der Waals surface area contributed by atoms with Crippen LogP contribution in [0.3, 0.4) is 0 Å². The first kappa shape index (κ1) is 20.2. The van der Waals surface area contributed by atoms with Crippen molar-refractivity contribution in [3.05, 3.63) is 5.01 Å². The van der Waals surface area contributed by atoms with Crippen molar-refractivity contribution >= 4 is 28.3 Å². The molecular weight excluding hydrogens is 364 g/mol. The van der Waals surface area contributed by atoms with Crippen molar-refractivity contribution in [3.63, 3.8) is 0 Å². The maximum atomic E-state index is 12.4. The number of amides is 2. The van der Waals surface area contributed by atoms with E-state index in [2.05, 4.69) is 15.5 Å². The van der Waals surface area contributed by atoms with Crippen LogP contribution in [0.2, 0.25) is 0 Å². The van der Waals surface area contributed by atoms with Crippen LogP contribution in [0.25, 0.3) is 0 Å². The summed E-state index contributed by atoms with van der Waals surface area (Å²) in [6.07, 6.45) is 7.62. The summed E-state index contributed by atoms with van der Waals surface area (Å²) in [7, 11) is 0. The number of carbonyl (C=O) groups excluding carboxylic acids is 2. The van der Waals surface area contributed by atoms with Gasteiger partial charge in [0.2, 0.25) is 16.9 Å². The first-order valence-corrected chi connectivity index (χ1v) is 10.9. The predicted molar refractivity (Wildman–Crippen MR) is 105 cm³/mol. The summed E-state index contributed by atoms with van der Waals surface area (Å²) >= 11 is 1.43. The number of hydrogen-bond acceptors (Lipinski definition) is 6. The number of carbonyl (C=O) groups is 2. The minimum absolute atomic E-state index is 0.0535. The molecule has 150 valence electrons. The summed E-state index contributed by atoms with van der Waals surface area (Å²) in [5.41, 5.74) is 0. The Morgan fingerprint density at radius 3 is 2.78 bits per heavy atom. The molecule has 1 saturated carbocycles. The Morgan fingerprint density at radius 1 is 1.30 bits per heavy atom. The first-order chi connectivity index (χ1) is 13.0. The molecule has 2 aliphatic rings. The molecule has 0 bridgehead atoms. The van der Waals surface area contributed by atoms with Crippen LogP contribution in [0.5, 0.6) is 0 Å². The number of aromatic nitrogens is 2. The van der Waals surface area contributed by atoms with E-state index < -0.39 is 0 Å². The summed E-state index contributed by atoms with van der Waals surface area (Å²) in [5, 5.41) is 12.7. The van der Waals surface area contributed by atoms with Gasteiger partial charge in [-0.1, -0.05) is 44.4 Å². The van der Waals surface area contributed by atoms with Crippen LogP contribution in [0.4, 0.5) is 5.13 Å². The van der Waals surface area contributed by atoms with Gasteiger partial charge in [0, 0.05) is 32.0 Å². The van der Waals surface area contributed by atoms with Crippen molar-refractivity contribution in [1.29, 1.82) is 0 Å². The van der Waals surface area contributed by atoms with Crippen LogP contribution < -0.4 is 10.2 Å². The Labute approximate surface area is 164 Å². The minimum atomic E-state index is -0.317. The molecule has 1 aliphatic heterocycles. The fourth-order valence-corrected chi connectivity index (χ4v) is 4.42. The molecule has 1 unspecified atom stereocenters. The van der Waals surface area contributed by atoms with Gasteiger partial charge in [0.05, 0.1) is 12.0 Å². The molecular formula is C19H30N4O3S. The highest BCUT2D eigenvalue weighted by Gasteiger charge is 2.36. The number of nitrogens with zero attached hydrogens (tertiary/aromatic N) is 3. The second kappa shape index (κ2) is 9.59. The Kier molecular flexibility index (Phi) is 7.18. The minimum Gasteiger partial charge on any atom is -0.378 e. The number of hydrogen-bond donors (Lipinski definition) is 1. The Bertz CT molecular complexity index is 643. The monoisotopic (exact) mass is 394 g/mol. The molecule has 1 aromatic rings. The third-order valence-electron chi connectivity index (χ3n) is 5.18. The second-order valence-electron chi connectivity index (χ2n) is 7.76.